The summed E-state index contributed by atoms with van der Waals surface area (Å²) in [5.41, 5.74) is 5.35. The number of carbonyl (C=O) groups is 4. The van der Waals surface area contributed by atoms with Crippen molar-refractivity contribution in [3.63, 3.8) is 0 Å². The molecule has 9 heteroatoms. The van der Waals surface area contributed by atoms with Crippen LogP contribution in [0.1, 0.15) is 12.8 Å². The predicted molar refractivity (Wildman–Crippen MR) is 74.2 cm³/mol. The molecule has 0 aliphatic carbocycles. The Morgan fingerprint density at radius 2 is 2.05 bits per heavy atom. The zero-order valence-electron chi connectivity index (χ0n) is 11.1. The molecular formula is C11H19N3O5S. The molecule has 8 nitrogen and oxygen atoms in total. The van der Waals surface area contributed by atoms with E-state index < -0.39 is 36.4 Å². The first-order valence-corrected chi connectivity index (χ1v) is 7.28. The number of nitrogens with one attached hydrogen (secondary N) is 2. The molecule has 20 heavy (non-hydrogen) atoms. The Bertz CT molecular complexity index is 364. The molecule has 5 N–H and O–H groups in total. The van der Waals surface area contributed by atoms with Crippen LogP contribution in [0.3, 0.4) is 0 Å². The van der Waals surface area contributed by atoms with Gasteiger partial charge in [-0.15, -0.1) is 0 Å². The predicted octanol–water partition coefficient (Wildman–Crippen LogP) is -1.66. The lowest BCUT2D eigenvalue weighted by molar-refractivity contribution is -0.138. The van der Waals surface area contributed by atoms with E-state index in [1.165, 1.54) is 11.8 Å². The van der Waals surface area contributed by atoms with E-state index in [9.17, 15) is 19.2 Å². The quantitative estimate of drug-likeness (QED) is 0.354. The molecule has 0 unspecified atom stereocenters. The Morgan fingerprint density at radius 1 is 1.40 bits per heavy atom. The lowest BCUT2D eigenvalue weighted by Crippen LogP contribution is -2.49. The molecule has 0 aliphatic rings. The van der Waals surface area contributed by atoms with Gasteiger partial charge in [0.25, 0.3) is 0 Å². The van der Waals surface area contributed by atoms with E-state index in [1.807, 2.05) is 0 Å². The number of carboxylic acids is 1. The normalized spacial score (nSPS) is 13.1. The Morgan fingerprint density at radius 3 is 2.55 bits per heavy atom. The minimum atomic E-state index is -1.16. The second-order valence-electron chi connectivity index (χ2n) is 4.03. The summed E-state index contributed by atoms with van der Waals surface area (Å²) in [5, 5.41) is 13.2. The molecule has 2 atom stereocenters. The zero-order valence-corrected chi connectivity index (χ0v) is 11.9. The van der Waals surface area contributed by atoms with Crippen LogP contribution in [0.15, 0.2) is 0 Å². The highest BCUT2D eigenvalue weighted by Gasteiger charge is 2.20. The fraction of sp³-hybridized carbons (Fsp3) is 0.636. The first kappa shape index (κ1) is 18.4. The minimum Gasteiger partial charge on any atom is -0.480 e. The van der Waals surface area contributed by atoms with Crippen LogP contribution < -0.4 is 16.4 Å². The summed E-state index contributed by atoms with van der Waals surface area (Å²) in [6.45, 7) is -0.504. The Hall–Kier alpha value is -1.61. The van der Waals surface area contributed by atoms with Gasteiger partial charge in [-0.05, 0) is 12.7 Å². The highest BCUT2D eigenvalue weighted by atomic mass is 32.2. The van der Waals surface area contributed by atoms with Gasteiger partial charge in [0, 0.05) is 12.2 Å². The average molecular weight is 305 g/mol. The molecule has 0 rings (SSSR count). The summed E-state index contributed by atoms with van der Waals surface area (Å²) < 4.78 is 0. The van der Waals surface area contributed by atoms with Crippen LogP contribution >= 0.6 is 11.8 Å². The van der Waals surface area contributed by atoms with E-state index in [4.69, 9.17) is 10.8 Å². The average Bonchev–Trinajstić information content (AvgIpc) is 2.41. The minimum absolute atomic E-state index is 0.0248. The smallest absolute Gasteiger partial charge is 0.322 e. The number of carboxylic acid groups (broad SMARTS) is 1. The number of aldehydes is 1. The number of amides is 2. The van der Waals surface area contributed by atoms with Crippen molar-refractivity contribution in [2.75, 3.05) is 18.6 Å². The Kier molecular flexibility index (Phi) is 9.39. The number of aliphatic carboxylic acids is 1. The van der Waals surface area contributed by atoms with E-state index in [1.54, 1.807) is 6.26 Å². The van der Waals surface area contributed by atoms with Crippen molar-refractivity contribution in [2.24, 2.45) is 5.73 Å². The number of hydrogen-bond acceptors (Lipinski definition) is 6. The Balaban J connectivity index is 4.30. The number of thioether (sulfide) groups is 1. The molecule has 0 saturated carbocycles. The molecule has 114 valence electrons. The highest BCUT2D eigenvalue weighted by Crippen LogP contribution is 2.00. The summed E-state index contributed by atoms with van der Waals surface area (Å²) in [4.78, 5) is 44.0. The van der Waals surface area contributed by atoms with Crippen LogP contribution in [0.5, 0.6) is 0 Å². The lowest BCUT2D eigenvalue weighted by Gasteiger charge is -2.17. The van der Waals surface area contributed by atoms with Gasteiger partial charge in [-0.1, -0.05) is 0 Å². The van der Waals surface area contributed by atoms with Gasteiger partial charge in [0.2, 0.25) is 11.8 Å². The van der Waals surface area contributed by atoms with Gasteiger partial charge in [-0.3, -0.25) is 14.4 Å². The summed E-state index contributed by atoms with van der Waals surface area (Å²) in [6, 6.07) is -1.52. The molecular weight excluding hydrogens is 286 g/mol. The van der Waals surface area contributed by atoms with Crippen molar-refractivity contribution in [1.29, 1.82) is 0 Å². The maximum atomic E-state index is 11.7. The third-order valence-electron chi connectivity index (χ3n) is 2.28. The summed E-state index contributed by atoms with van der Waals surface area (Å²) in [6.07, 6.45) is 2.52. The van der Waals surface area contributed by atoms with Crippen molar-refractivity contribution in [1.82, 2.24) is 10.6 Å². The van der Waals surface area contributed by atoms with Gasteiger partial charge in [0.1, 0.15) is 18.9 Å². The number of rotatable bonds is 10. The molecule has 0 aliphatic heterocycles. The molecule has 0 saturated heterocycles. The Labute approximate surface area is 120 Å². The van der Waals surface area contributed by atoms with Crippen molar-refractivity contribution in [3.8, 4) is 0 Å². The van der Waals surface area contributed by atoms with Gasteiger partial charge in [-0.25, -0.2) is 0 Å². The zero-order chi connectivity index (χ0) is 15.5. The molecule has 0 fully saturated rings. The van der Waals surface area contributed by atoms with Crippen LogP contribution in [-0.2, 0) is 19.2 Å². The topological polar surface area (TPSA) is 139 Å². The van der Waals surface area contributed by atoms with Crippen LogP contribution in [0.2, 0.25) is 0 Å². The van der Waals surface area contributed by atoms with Gasteiger partial charge < -0.3 is 26.3 Å². The van der Waals surface area contributed by atoms with E-state index >= 15 is 0 Å². The first-order valence-electron chi connectivity index (χ1n) is 5.89. The standard InChI is InChI=1S/C11H19N3O5S/c1-20-6-8(11(19)13-4-10(17)18)14-9(16)3-2-7(12)5-15/h5,7-8H,2-4,6,12H2,1H3,(H,13,19)(H,14,16)(H,17,18)/t7-,8-/m0/s1. The molecule has 0 bridgehead atoms. The van der Waals surface area contributed by atoms with E-state index in [0.29, 0.717) is 12.0 Å². The van der Waals surface area contributed by atoms with Gasteiger partial charge in [-0.2, -0.15) is 11.8 Å². The molecule has 0 heterocycles. The molecule has 0 radical (unpaired) electrons. The monoisotopic (exact) mass is 305 g/mol. The van der Waals surface area contributed by atoms with E-state index in [2.05, 4.69) is 10.6 Å². The lowest BCUT2D eigenvalue weighted by atomic mass is 10.2. The number of hydrogen-bond donors (Lipinski definition) is 4. The summed E-state index contributed by atoms with van der Waals surface area (Å²) >= 11 is 1.34. The number of carbonyl (C=O) groups excluding carboxylic acids is 3. The molecule has 0 aromatic heterocycles. The fourth-order valence-corrected chi connectivity index (χ4v) is 1.84. The maximum absolute atomic E-state index is 11.7. The summed E-state index contributed by atoms with van der Waals surface area (Å²) in [5.74, 6) is -1.82. The van der Waals surface area contributed by atoms with E-state index in [-0.39, 0.29) is 12.8 Å². The van der Waals surface area contributed by atoms with Crippen molar-refractivity contribution < 1.29 is 24.3 Å². The molecule has 0 aromatic rings. The van der Waals surface area contributed by atoms with Crippen molar-refractivity contribution >= 4 is 35.8 Å². The second kappa shape index (κ2) is 10.2. The largest absolute Gasteiger partial charge is 0.480 e. The fourth-order valence-electron chi connectivity index (χ4n) is 1.27. The molecule has 0 spiro atoms. The highest BCUT2D eigenvalue weighted by molar-refractivity contribution is 7.98. The van der Waals surface area contributed by atoms with Crippen molar-refractivity contribution in [3.05, 3.63) is 0 Å². The SMILES string of the molecule is CSC[C@H](NC(=O)CC[C@H](N)C=O)C(=O)NCC(=O)O. The third kappa shape index (κ3) is 8.48. The van der Waals surface area contributed by atoms with Crippen LogP contribution in [0.4, 0.5) is 0 Å². The van der Waals surface area contributed by atoms with Gasteiger partial charge in [0.15, 0.2) is 0 Å². The summed E-state index contributed by atoms with van der Waals surface area (Å²) in [7, 11) is 0. The van der Waals surface area contributed by atoms with Gasteiger partial charge in [0.05, 0.1) is 6.04 Å². The first-order chi connectivity index (χ1) is 9.40. The number of nitrogens with two attached hydrogens (primary N) is 1. The van der Waals surface area contributed by atoms with Crippen molar-refractivity contribution in [2.45, 2.75) is 24.9 Å². The van der Waals surface area contributed by atoms with Crippen LogP contribution in [-0.4, -0.2) is 59.8 Å². The maximum Gasteiger partial charge on any atom is 0.322 e. The third-order valence-corrected chi connectivity index (χ3v) is 2.95. The van der Waals surface area contributed by atoms with E-state index in [0.717, 1.165) is 0 Å². The second-order valence-corrected chi connectivity index (χ2v) is 4.94. The molecule has 0 aromatic carbocycles. The van der Waals surface area contributed by atoms with Crippen LogP contribution in [0, 0.1) is 0 Å². The molecule has 2 amide bonds. The van der Waals surface area contributed by atoms with Gasteiger partial charge >= 0.3 is 5.97 Å². The van der Waals surface area contributed by atoms with Crippen LogP contribution in [0.25, 0.3) is 0 Å².